The predicted molar refractivity (Wildman–Crippen MR) is 75.8 cm³/mol. The summed E-state index contributed by atoms with van der Waals surface area (Å²) in [5.74, 6) is 0. The molecule has 2 rings (SSSR count). The first-order valence-electron chi connectivity index (χ1n) is 7.29. The topological polar surface area (TPSA) is 21.3 Å². The van der Waals surface area contributed by atoms with Gasteiger partial charge >= 0.3 is 0 Å². The van der Waals surface area contributed by atoms with E-state index in [1.54, 1.807) is 0 Å². The van der Waals surface area contributed by atoms with Crippen molar-refractivity contribution in [1.82, 2.24) is 5.32 Å². The molecule has 1 N–H and O–H groups in total. The SMILES string of the molecule is CCCNC1c2ccccc2CCCC1OCC. The molecule has 1 aliphatic carbocycles. The maximum Gasteiger partial charge on any atom is 0.0769 e. The van der Waals surface area contributed by atoms with Gasteiger partial charge in [-0.3, -0.25) is 0 Å². The molecule has 1 aliphatic rings. The van der Waals surface area contributed by atoms with E-state index in [9.17, 15) is 0 Å². The minimum Gasteiger partial charge on any atom is -0.377 e. The van der Waals surface area contributed by atoms with Crippen LogP contribution in [-0.4, -0.2) is 19.3 Å². The summed E-state index contributed by atoms with van der Waals surface area (Å²) >= 11 is 0. The molecule has 2 unspecified atom stereocenters. The lowest BCUT2D eigenvalue weighted by atomic mass is 9.97. The molecule has 0 amide bonds. The monoisotopic (exact) mass is 247 g/mol. The zero-order chi connectivity index (χ0) is 12.8. The van der Waals surface area contributed by atoms with E-state index in [2.05, 4.69) is 43.4 Å². The Balaban J connectivity index is 2.24. The van der Waals surface area contributed by atoms with Crippen LogP contribution in [0.5, 0.6) is 0 Å². The third-order valence-corrected chi connectivity index (χ3v) is 3.69. The van der Waals surface area contributed by atoms with Crippen molar-refractivity contribution >= 4 is 0 Å². The van der Waals surface area contributed by atoms with E-state index in [-0.39, 0.29) is 0 Å². The van der Waals surface area contributed by atoms with E-state index in [4.69, 9.17) is 4.74 Å². The molecule has 0 saturated heterocycles. The number of fused-ring (bicyclic) bond motifs is 1. The second-order valence-corrected chi connectivity index (χ2v) is 5.02. The first-order chi connectivity index (χ1) is 8.86. The molecule has 0 radical (unpaired) electrons. The van der Waals surface area contributed by atoms with Gasteiger partial charge in [0.1, 0.15) is 0 Å². The van der Waals surface area contributed by atoms with Gasteiger partial charge in [-0.2, -0.15) is 0 Å². The summed E-state index contributed by atoms with van der Waals surface area (Å²) in [5.41, 5.74) is 2.94. The molecule has 0 heterocycles. The summed E-state index contributed by atoms with van der Waals surface area (Å²) in [6.45, 7) is 6.17. The van der Waals surface area contributed by atoms with Crippen LogP contribution in [0.2, 0.25) is 0 Å². The Hall–Kier alpha value is -0.860. The lowest BCUT2D eigenvalue weighted by Crippen LogP contribution is -2.34. The molecule has 0 saturated carbocycles. The zero-order valence-corrected chi connectivity index (χ0v) is 11.6. The van der Waals surface area contributed by atoms with E-state index in [1.165, 1.54) is 24.0 Å². The molecule has 100 valence electrons. The fourth-order valence-electron chi connectivity index (χ4n) is 2.86. The van der Waals surface area contributed by atoms with Crippen LogP contribution in [0.4, 0.5) is 0 Å². The van der Waals surface area contributed by atoms with Crippen molar-refractivity contribution < 1.29 is 4.74 Å². The number of nitrogens with one attached hydrogen (secondary N) is 1. The molecule has 1 aromatic carbocycles. The van der Waals surface area contributed by atoms with Crippen LogP contribution in [0.3, 0.4) is 0 Å². The Morgan fingerprint density at radius 2 is 2.11 bits per heavy atom. The minimum absolute atomic E-state index is 0.324. The summed E-state index contributed by atoms with van der Waals surface area (Å²) in [6, 6.07) is 9.19. The maximum absolute atomic E-state index is 5.97. The summed E-state index contributed by atoms with van der Waals surface area (Å²) < 4.78 is 5.97. The van der Waals surface area contributed by atoms with Gasteiger partial charge in [0, 0.05) is 6.61 Å². The van der Waals surface area contributed by atoms with Crippen molar-refractivity contribution in [3.8, 4) is 0 Å². The average molecular weight is 247 g/mol. The Morgan fingerprint density at radius 1 is 1.28 bits per heavy atom. The third-order valence-electron chi connectivity index (χ3n) is 3.69. The fraction of sp³-hybridized carbons (Fsp3) is 0.625. The number of benzene rings is 1. The summed E-state index contributed by atoms with van der Waals surface area (Å²) in [5, 5.41) is 3.68. The minimum atomic E-state index is 0.324. The number of rotatable bonds is 5. The summed E-state index contributed by atoms with van der Waals surface area (Å²) in [6.07, 6.45) is 5.06. The van der Waals surface area contributed by atoms with Gasteiger partial charge in [0.25, 0.3) is 0 Å². The van der Waals surface area contributed by atoms with Gasteiger partial charge in [0.15, 0.2) is 0 Å². The molecule has 0 aliphatic heterocycles. The van der Waals surface area contributed by atoms with Crippen LogP contribution in [-0.2, 0) is 11.2 Å². The van der Waals surface area contributed by atoms with Gasteiger partial charge in [0.05, 0.1) is 12.1 Å². The number of ether oxygens (including phenoxy) is 1. The van der Waals surface area contributed by atoms with Crippen molar-refractivity contribution in [2.24, 2.45) is 0 Å². The molecular weight excluding hydrogens is 222 g/mol. The van der Waals surface area contributed by atoms with Crippen LogP contribution in [0.15, 0.2) is 24.3 Å². The highest BCUT2D eigenvalue weighted by Crippen LogP contribution is 2.30. The highest BCUT2D eigenvalue weighted by molar-refractivity contribution is 5.32. The molecule has 2 nitrogen and oxygen atoms in total. The predicted octanol–water partition coefficient (Wildman–Crippen LogP) is 3.47. The van der Waals surface area contributed by atoms with Gasteiger partial charge in [-0.1, -0.05) is 31.2 Å². The molecule has 18 heavy (non-hydrogen) atoms. The van der Waals surface area contributed by atoms with Crippen LogP contribution >= 0.6 is 0 Å². The van der Waals surface area contributed by atoms with E-state index < -0.39 is 0 Å². The number of hydrogen-bond donors (Lipinski definition) is 1. The Labute approximate surface area is 111 Å². The number of aryl methyl sites for hydroxylation is 1. The van der Waals surface area contributed by atoms with Crippen LogP contribution in [0.1, 0.15) is 50.3 Å². The summed E-state index contributed by atoms with van der Waals surface area (Å²) in [7, 11) is 0. The van der Waals surface area contributed by atoms with Gasteiger partial charge in [-0.05, 0) is 50.3 Å². The van der Waals surface area contributed by atoms with Crippen LogP contribution in [0, 0.1) is 0 Å². The first kappa shape index (κ1) is 13.6. The van der Waals surface area contributed by atoms with E-state index in [1.807, 2.05) is 0 Å². The maximum atomic E-state index is 5.97. The molecule has 0 aromatic heterocycles. The van der Waals surface area contributed by atoms with Crippen molar-refractivity contribution in [2.45, 2.75) is 51.7 Å². The van der Waals surface area contributed by atoms with Crippen molar-refractivity contribution in [1.29, 1.82) is 0 Å². The molecule has 2 atom stereocenters. The molecular formula is C16H25NO. The van der Waals surface area contributed by atoms with Gasteiger partial charge in [-0.25, -0.2) is 0 Å². The van der Waals surface area contributed by atoms with E-state index >= 15 is 0 Å². The van der Waals surface area contributed by atoms with E-state index in [0.29, 0.717) is 12.1 Å². The van der Waals surface area contributed by atoms with Gasteiger partial charge in [0.2, 0.25) is 0 Å². The normalized spacial score (nSPS) is 23.4. The van der Waals surface area contributed by atoms with Gasteiger partial charge < -0.3 is 10.1 Å². The smallest absolute Gasteiger partial charge is 0.0769 e. The molecule has 1 aromatic rings. The van der Waals surface area contributed by atoms with Crippen molar-refractivity contribution in [2.75, 3.05) is 13.2 Å². The average Bonchev–Trinajstić information content (AvgIpc) is 2.56. The number of hydrogen-bond acceptors (Lipinski definition) is 2. The van der Waals surface area contributed by atoms with E-state index in [0.717, 1.165) is 26.0 Å². The Morgan fingerprint density at radius 3 is 2.89 bits per heavy atom. The second-order valence-electron chi connectivity index (χ2n) is 5.02. The third kappa shape index (κ3) is 3.12. The van der Waals surface area contributed by atoms with Gasteiger partial charge in [-0.15, -0.1) is 0 Å². The highest BCUT2D eigenvalue weighted by atomic mass is 16.5. The first-order valence-corrected chi connectivity index (χ1v) is 7.29. The van der Waals surface area contributed by atoms with Crippen molar-refractivity contribution in [3.63, 3.8) is 0 Å². The quantitative estimate of drug-likeness (QED) is 0.804. The lowest BCUT2D eigenvalue weighted by molar-refractivity contribution is 0.0289. The lowest BCUT2D eigenvalue weighted by Gasteiger charge is -2.27. The summed E-state index contributed by atoms with van der Waals surface area (Å²) in [4.78, 5) is 0. The standard InChI is InChI=1S/C16H25NO/c1-3-12-17-16-14-10-6-5-8-13(14)9-7-11-15(16)18-4-2/h5-6,8,10,15-17H,3-4,7,9,11-12H2,1-2H3. The van der Waals surface area contributed by atoms with Crippen LogP contribution < -0.4 is 5.32 Å². The Kier molecular flexibility index (Phi) is 5.21. The van der Waals surface area contributed by atoms with Crippen LogP contribution in [0.25, 0.3) is 0 Å². The van der Waals surface area contributed by atoms with Crippen molar-refractivity contribution in [3.05, 3.63) is 35.4 Å². The highest BCUT2D eigenvalue weighted by Gasteiger charge is 2.27. The molecule has 0 bridgehead atoms. The molecule has 0 spiro atoms. The second kappa shape index (κ2) is 6.91. The molecule has 2 heteroatoms. The largest absolute Gasteiger partial charge is 0.377 e. The molecule has 0 fully saturated rings. The Bertz CT molecular complexity index is 364. The zero-order valence-electron chi connectivity index (χ0n) is 11.6. The fourth-order valence-corrected chi connectivity index (χ4v) is 2.86.